The largest absolute Gasteiger partial charge is 0.376 e. The van der Waals surface area contributed by atoms with E-state index < -0.39 is 39.4 Å². The van der Waals surface area contributed by atoms with Crippen LogP contribution in [-0.2, 0) is 21.1 Å². The molecule has 40 heavy (non-hydrogen) atoms. The summed E-state index contributed by atoms with van der Waals surface area (Å²) >= 11 is 0. The van der Waals surface area contributed by atoms with Gasteiger partial charge in [-0.1, -0.05) is 26.8 Å². The van der Waals surface area contributed by atoms with Gasteiger partial charge in [0.05, 0.1) is 22.7 Å². The number of likely N-dealkylation sites (tertiary alicyclic amines) is 1. The molecule has 0 saturated carbocycles. The van der Waals surface area contributed by atoms with Crippen LogP contribution in [0.15, 0.2) is 47.4 Å². The number of carbonyl (C=O) groups excluding carboxylic acids is 2. The monoisotopic (exact) mass is 574 g/mol. The molecule has 2 aliphatic rings. The fraction of sp³-hybridized carbons (Fsp3) is 0.517. The highest BCUT2D eigenvalue weighted by Crippen LogP contribution is 2.41. The molecular weight excluding hydrogens is 535 g/mol. The molecule has 9 nitrogen and oxygen atoms in total. The molecule has 2 amide bonds. The first kappa shape index (κ1) is 30.0. The van der Waals surface area contributed by atoms with E-state index in [1.807, 2.05) is 32.7 Å². The zero-order chi connectivity index (χ0) is 29.4. The Hall–Kier alpha value is -3.02. The molecule has 2 N–H and O–H groups in total. The van der Waals surface area contributed by atoms with Crippen LogP contribution in [-0.4, -0.2) is 86.0 Å². The molecule has 11 heteroatoms. The Bertz CT molecular complexity index is 1360. The minimum absolute atomic E-state index is 0.0787. The van der Waals surface area contributed by atoms with Crippen LogP contribution in [0.5, 0.6) is 0 Å². The van der Waals surface area contributed by atoms with Crippen molar-refractivity contribution in [3.05, 3.63) is 59.4 Å². The summed E-state index contributed by atoms with van der Waals surface area (Å²) < 4.78 is 38.3. The summed E-state index contributed by atoms with van der Waals surface area (Å²) in [6.45, 7) is 6.76. The van der Waals surface area contributed by atoms with E-state index in [9.17, 15) is 27.5 Å². The summed E-state index contributed by atoms with van der Waals surface area (Å²) in [5.74, 6) is -1.72. The zero-order valence-corrected chi connectivity index (χ0v) is 24.5. The van der Waals surface area contributed by atoms with E-state index in [0.717, 1.165) is 17.5 Å². The van der Waals surface area contributed by atoms with Gasteiger partial charge >= 0.3 is 0 Å². The molecule has 0 radical (unpaired) electrons. The lowest BCUT2D eigenvalue weighted by Gasteiger charge is -2.47. The van der Waals surface area contributed by atoms with Gasteiger partial charge in [0.2, 0.25) is 5.91 Å². The molecule has 2 aromatic carbocycles. The zero-order valence-electron chi connectivity index (χ0n) is 23.7. The quantitative estimate of drug-likeness (QED) is 0.523. The maximum absolute atomic E-state index is 14.4. The molecule has 2 aliphatic heterocycles. The van der Waals surface area contributed by atoms with Gasteiger partial charge in [-0.15, -0.1) is 0 Å². The predicted octanol–water partition coefficient (Wildman–Crippen LogP) is 2.64. The number of rotatable bonds is 7. The fourth-order valence-corrected chi connectivity index (χ4v) is 6.37. The highest BCUT2D eigenvalue weighted by molar-refractivity contribution is 7.90. The SMILES string of the molecule is CCc1ccc(F)c(C(=O)N[C@@H](C(=O)N2CCC3(CC2)C(O)N(C)CN3c2ccc(S(C)(=O)=O)cc2)C(C)C)c1. The lowest BCUT2D eigenvalue weighted by molar-refractivity contribution is -0.137. The number of aliphatic hydroxyl groups excluding tert-OH is 1. The minimum atomic E-state index is -3.34. The second-order valence-electron chi connectivity index (χ2n) is 11.3. The van der Waals surface area contributed by atoms with Gasteiger partial charge < -0.3 is 20.2 Å². The highest BCUT2D eigenvalue weighted by atomic mass is 32.2. The van der Waals surface area contributed by atoms with E-state index in [-0.39, 0.29) is 22.3 Å². The topological polar surface area (TPSA) is 110 Å². The number of sulfone groups is 1. The Morgan fingerprint density at radius 1 is 1.12 bits per heavy atom. The van der Waals surface area contributed by atoms with Crippen LogP contribution in [0.25, 0.3) is 0 Å². The van der Waals surface area contributed by atoms with Crippen LogP contribution in [0.3, 0.4) is 0 Å². The average molecular weight is 575 g/mol. The van der Waals surface area contributed by atoms with Crippen molar-refractivity contribution in [2.45, 2.75) is 62.7 Å². The summed E-state index contributed by atoms with van der Waals surface area (Å²) in [5, 5.41) is 14.0. The van der Waals surface area contributed by atoms with Gasteiger partial charge in [-0.05, 0) is 74.2 Å². The summed E-state index contributed by atoms with van der Waals surface area (Å²) in [4.78, 5) is 32.5. The van der Waals surface area contributed by atoms with E-state index in [1.165, 1.54) is 12.1 Å². The van der Waals surface area contributed by atoms with Crippen LogP contribution in [0.2, 0.25) is 0 Å². The lowest BCUT2D eigenvalue weighted by Crippen LogP contribution is -2.61. The van der Waals surface area contributed by atoms with Gasteiger partial charge in [-0.3, -0.25) is 14.5 Å². The number of nitrogens with zero attached hydrogens (tertiary/aromatic N) is 3. The van der Waals surface area contributed by atoms with Gasteiger partial charge in [0, 0.05) is 25.0 Å². The van der Waals surface area contributed by atoms with Crippen LogP contribution in [0.1, 0.15) is 49.5 Å². The van der Waals surface area contributed by atoms with Crippen molar-refractivity contribution < 1.29 is 27.5 Å². The van der Waals surface area contributed by atoms with Crippen molar-refractivity contribution in [3.8, 4) is 0 Å². The summed E-state index contributed by atoms with van der Waals surface area (Å²) in [5.41, 5.74) is 0.874. The third kappa shape index (κ3) is 5.73. The fourth-order valence-electron chi connectivity index (χ4n) is 5.74. The Kier molecular flexibility index (Phi) is 8.58. The van der Waals surface area contributed by atoms with Gasteiger partial charge in [0.1, 0.15) is 18.1 Å². The molecular formula is C29H39FN4O5S. The molecule has 1 spiro atoms. The number of benzene rings is 2. The number of nitrogens with one attached hydrogen (secondary N) is 1. The average Bonchev–Trinajstić information content (AvgIpc) is 3.16. The number of likely N-dealkylation sites (N-methyl/N-ethyl adjacent to an activating group) is 1. The van der Waals surface area contributed by atoms with E-state index in [0.29, 0.717) is 39.0 Å². The summed E-state index contributed by atoms with van der Waals surface area (Å²) in [7, 11) is -1.51. The molecule has 218 valence electrons. The lowest BCUT2D eigenvalue weighted by atomic mass is 9.84. The van der Waals surface area contributed by atoms with Crippen LogP contribution >= 0.6 is 0 Å². The van der Waals surface area contributed by atoms with Gasteiger partial charge in [-0.2, -0.15) is 0 Å². The highest BCUT2D eigenvalue weighted by Gasteiger charge is 2.53. The number of amides is 2. The van der Waals surface area contributed by atoms with Crippen LogP contribution < -0.4 is 10.2 Å². The Labute approximate surface area is 235 Å². The van der Waals surface area contributed by atoms with Crippen molar-refractivity contribution in [2.24, 2.45) is 5.92 Å². The van der Waals surface area contributed by atoms with E-state index >= 15 is 0 Å². The standard InChI is InChI=1S/C29H39FN4O5S/c1-6-20-7-12-24(30)23(17-20)26(35)31-25(19(2)3)27(36)33-15-13-29(14-16-33)28(37)32(4)18-34(29)21-8-10-22(11-9-21)40(5,38)39/h7-12,17,19,25,28,37H,6,13-16,18H2,1-5H3,(H,31,35)/t25-,28?/m1/s1. The number of hydrogen-bond donors (Lipinski definition) is 2. The van der Waals surface area contributed by atoms with Crippen molar-refractivity contribution in [2.75, 3.05) is 38.0 Å². The Morgan fingerprint density at radius 3 is 2.30 bits per heavy atom. The molecule has 4 rings (SSSR count). The van der Waals surface area contributed by atoms with Gasteiger partial charge in [-0.25, -0.2) is 12.8 Å². The molecule has 2 aromatic rings. The van der Waals surface area contributed by atoms with E-state index in [2.05, 4.69) is 10.2 Å². The van der Waals surface area contributed by atoms with Crippen LogP contribution in [0.4, 0.5) is 10.1 Å². The molecule has 0 aromatic heterocycles. The molecule has 2 atom stereocenters. The minimum Gasteiger partial charge on any atom is -0.376 e. The third-order valence-electron chi connectivity index (χ3n) is 8.22. The van der Waals surface area contributed by atoms with Gasteiger partial charge in [0.25, 0.3) is 5.91 Å². The number of carbonyl (C=O) groups is 2. The molecule has 2 saturated heterocycles. The summed E-state index contributed by atoms with van der Waals surface area (Å²) in [6.07, 6.45) is 1.99. The maximum Gasteiger partial charge on any atom is 0.254 e. The first-order valence-corrected chi connectivity index (χ1v) is 15.5. The van der Waals surface area contributed by atoms with E-state index in [4.69, 9.17) is 0 Å². The third-order valence-corrected chi connectivity index (χ3v) is 9.35. The molecule has 2 heterocycles. The Morgan fingerprint density at radius 2 is 1.75 bits per heavy atom. The predicted molar refractivity (Wildman–Crippen MR) is 151 cm³/mol. The first-order valence-electron chi connectivity index (χ1n) is 13.6. The second-order valence-corrected chi connectivity index (χ2v) is 13.3. The Balaban J connectivity index is 1.50. The number of halogens is 1. The number of piperidine rings is 1. The van der Waals surface area contributed by atoms with Crippen molar-refractivity contribution >= 4 is 27.3 Å². The number of hydrogen-bond acceptors (Lipinski definition) is 7. The first-order chi connectivity index (χ1) is 18.8. The number of anilines is 1. The van der Waals surface area contributed by atoms with Crippen LogP contribution in [0, 0.1) is 11.7 Å². The smallest absolute Gasteiger partial charge is 0.254 e. The molecule has 0 aliphatic carbocycles. The molecule has 0 bridgehead atoms. The normalized spacial score (nSPS) is 20.2. The maximum atomic E-state index is 14.4. The summed E-state index contributed by atoms with van der Waals surface area (Å²) in [6, 6.07) is 10.2. The molecule has 2 fully saturated rings. The van der Waals surface area contributed by atoms with Crippen molar-refractivity contribution in [3.63, 3.8) is 0 Å². The van der Waals surface area contributed by atoms with Crippen molar-refractivity contribution in [1.29, 1.82) is 0 Å². The van der Waals surface area contributed by atoms with Gasteiger partial charge in [0.15, 0.2) is 9.84 Å². The second kappa shape index (κ2) is 11.5. The van der Waals surface area contributed by atoms with Crippen molar-refractivity contribution in [1.82, 2.24) is 15.1 Å². The number of aryl methyl sites for hydroxylation is 1. The molecule has 1 unspecified atom stereocenters. The number of aliphatic hydroxyl groups is 1. The van der Waals surface area contributed by atoms with E-state index in [1.54, 1.807) is 35.2 Å².